The molecule has 0 saturated carbocycles. The van der Waals surface area contributed by atoms with Gasteiger partial charge in [-0.15, -0.1) is 24.5 Å². The quantitative estimate of drug-likeness (QED) is 0.368. The number of rotatable bonds is 0. The van der Waals surface area contributed by atoms with Crippen LogP contribution in [0.25, 0.3) is 11.4 Å². The molecule has 0 saturated heterocycles. The first kappa shape index (κ1) is 16.8. The summed E-state index contributed by atoms with van der Waals surface area (Å²) in [5.41, 5.74) is 2.38. The summed E-state index contributed by atoms with van der Waals surface area (Å²) < 4.78 is 8.34. The van der Waals surface area contributed by atoms with Crippen LogP contribution in [0.5, 0.6) is 0 Å². The van der Waals surface area contributed by atoms with Crippen molar-refractivity contribution in [3.8, 4) is 11.4 Å². The number of fused-ring (bicyclic) bond motifs is 3. The van der Waals surface area contributed by atoms with E-state index in [-0.39, 0.29) is 21.1 Å². The normalized spacial score (nSPS) is 9.81. The molecule has 0 unspecified atom stereocenters. The van der Waals surface area contributed by atoms with E-state index in [1.54, 1.807) is 0 Å². The maximum Gasteiger partial charge on any atom is 2.00 e. The zero-order valence-corrected chi connectivity index (χ0v) is 13.6. The summed E-state index contributed by atoms with van der Waals surface area (Å²) in [6, 6.07) is 4.24. The second-order valence-corrected chi connectivity index (χ2v) is 4.30. The fraction of sp³-hybridized carbons (Fsp3) is 0.167. The largest absolute Gasteiger partial charge is 2.00 e. The minimum atomic E-state index is -1.82. The zero-order chi connectivity index (χ0) is 14.9. The first-order valence-electron chi connectivity index (χ1n) is 5.68. The smallest absolute Gasteiger partial charge is 0.473 e. The van der Waals surface area contributed by atoms with E-state index in [1.807, 2.05) is 14.1 Å². The zero-order valence-electron chi connectivity index (χ0n) is 11.3. The molecule has 3 rings (SSSR count). The number of imidazole rings is 2. The fourth-order valence-electron chi connectivity index (χ4n) is 1.85. The molecule has 8 nitrogen and oxygen atoms in total. The van der Waals surface area contributed by atoms with E-state index in [9.17, 15) is 0 Å². The van der Waals surface area contributed by atoms with Crippen molar-refractivity contribution in [3.63, 3.8) is 0 Å². The van der Waals surface area contributed by atoms with Crippen molar-refractivity contribution in [2.24, 2.45) is 14.1 Å². The Hall–Kier alpha value is -2.21. The number of carbonyl (C=O) groups is 2. The molecule has 0 aromatic rings. The van der Waals surface area contributed by atoms with E-state index in [0.717, 1.165) is 0 Å². The predicted octanol–water partition coefficient (Wildman–Crippen LogP) is 0.536. The molecule has 3 aliphatic rings. The van der Waals surface area contributed by atoms with Gasteiger partial charge in [0.2, 0.25) is 0 Å². The molecule has 3 heterocycles. The number of hydrogen-bond acceptors (Lipinski definition) is 2. The Kier molecular flexibility index (Phi) is 5.21. The average Bonchev–Trinajstić information content (AvgIpc) is 2.90. The third-order valence-corrected chi connectivity index (χ3v) is 2.62. The van der Waals surface area contributed by atoms with Crippen LogP contribution in [0.15, 0.2) is 37.2 Å². The van der Waals surface area contributed by atoms with E-state index >= 15 is 0 Å². The second kappa shape index (κ2) is 6.49. The van der Waals surface area contributed by atoms with Gasteiger partial charge in [-0.25, -0.2) is 9.59 Å². The van der Waals surface area contributed by atoms with Gasteiger partial charge in [0.05, 0.1) is 0 Å². The van der Waals surface area contributed by atoms with Gasteiger partial charge in [-0.05, 0) is 26.7 Å². The van der Waals surface area contributed by atoms with E-state index in [4.69, 9.17) is 19.8 Å². The molecule has 0 amide bonds. The van der Waals surface area contributed by atoms with Crippen LogP contribution >= 0.6 is 0 Å². The maximum absolute atomic E-state index is 9.10. The molecule has 0 spiro atoms. The molecule has 0 bridgehead atoms. The van der Waals surface area contributed by atoms with E-state index in [0.29, 0.717) is 0 Å². The Bertz CT molecular complexity index is 660. The van der Waals surface area contributed by atoms with Crippen molar-refractivity contribution in [1.29, 1.82) is 0 Å². The summed E-state index contributed by atoms with van der Waals surface area (Å²) in [6.07, 6.45) is 8.31. The van der Waals surface area contributed by atoms with Gasteiger partial charge >= 0.3 is 33.0 Å². The second-order valence-electron chi connectivity index (χ2n) is 4.30. The SMILES string of the molecule is Cn1cc2ccc3cn(C)[cH-]n-3n-2[cH-]1.O=C(O)C(=O)O.[Pt+2]. The third kappa shape index (κ3) is 3.66. The van der Waals surface area contributed by atoms with E-state index in [1.165, 1.54) is 11.4 Å². The summed E-state index contributed by atoms with van der Waals surface area (Å²) in [7, 11) is 4.06. The van der Waals surface area contributed by atoms with Gasteiger partial charge in [-0.3, -0.25) is 0 Å². The van der Waals surface area contributed by atoms with Crippen molar-refractivity contribution >= 4 is 11.9 Å². The summed E-state index contributed by atoms with van der Waals surface area (Å²) >= 11 is 0. The molecule has 0 aromatic carbocycles. The first-order valence-corrected chi connectivity index (χ1v) is 5.68. The monoisotopic (exact) mass is 473 g/mol. The molecule has 0 aromatic heterocycles. The van der Waals surface area contributed by atoms with Crippen molar-refractivity contribution in [3.05, 3.63) is 37.2 Å². The van der Waals surface area contributed by atoms with Gasteiger partial charge in [0.15, 0.2) is 0 Å². The maximum atomic E-state index is 9.10. The summed E-state index contributed by atoms with van der Waals surface area (Å²) in [6.45, 7) is 0. The van der Waals surface area contributed by atoms with Gasteiger partial charge in [-0.2, -0.15) is 0 Å². The minimum absolute atomic E-state index is 0. The van der Waals surface area contributed by atoms with E-state index in [2.05, 4.69) is 55.7 Å². The van der Waals surface area contributed by atoms with Crippen LogP contribution in [0.3, 0.4) is 0 Å². The van der Waals surface area contributed by atoms with Crippen molar-refractivity contribution < 1.29 is 40.9 Å². The summed E-state index contributed by atoms with van der Waals surface area (Å²) in [5, 5.41) is 14.8. The molecule has 9 heteroatoms. The number of aliphatic carboxylic acids is 2. The van der Waals surface area contributed by atoms with Crippen LogP contribution in [0.4, 0.5) is 0 Å². The van der Waals surface area contributed by atoms with Gasteiger partial charge in [0.25, 0.3) is 0 Å². The van der Waals surface area contributed by atoms with Crippen LogP contribution in [0.1, 0.15) is 0 Å². The number of carboxylic acids is 2. The van der Waals surface area contributed by atoms with Crippen LogP contribution < -0.4 is 0 Å². The number of hydrogen-bond donors (Lipinski definition) is 2. The first-order chi connectivity index (χ1) is 9.38. The molecule has 21 heavy (non-hydrogen) atoms. The molecule has 0 fully saturated rings. The minimum Gasteiger partial charge on any atom is -0.473 e. The molecular formula is C12H14N4O4Pt. The Morgan fingerprint density at radius 1 is 0.905 bits per heavy atom. The molecule has 116 valence electrons. The van der Waals surface area contributed by atoms with Gasteiger partial charge < -0.3 is 28.7 Å². The molecular weight excluding hydrogens is 459 g/mol. The third-order valence-electron chi connectivity index (χ3n) is 2.62. The molecule has 3 aliphatic heterocycles. The van der Waals surface area contributed by atoms with Gasteiger partial charge in [-0.1, -0.05) is 11.4 Å². The number of aromatic nitrogens is 4. The average molecular weight is 473 g/mol. The van der Waals surface area contributed by atoms with Crippen LogP contribution in [0.2, 0.25) is 0 Å². The van der Waals surface area contributed by atoms with Crippen molar-refractivity contribution in [1.82, 2.24) is 18.5 Å². The predicted molar refractivity (Wildman–Crippen MR) is 69.5 cm³/mol. The van der Waals surface area contributed by atoms with Crippen molar-refractivity contribution in [2.75, 3.05) is 0 Å². The molecule has 0 aliphatic carbocycles. The number of nitrogens with zero attached hydrogens (tertiary/aromatic N) is 4. The number of aryl methyl sites for hydroxylation is 2. The Balaban J connectivity index is 0.000000275. The van der Waals surface area contributed by atoms with Gasteiger partial charge in [0.1, 0.15) is 0 Å². The van der Waals surface area contributed by atoms with Crippen LogP contribution in [-0.2, 0) is 44.7 Å². The molecule has 0 radical (unpaired) electrons. The molecule has 0 atom stereocenters. The Morgan fingerprint density at radius 2 is 1.24 bits per heavy atom. The summed E-state index contributed by atoms with van der Waals surface area (Å²) in [5.74, 6) is -3.65. The van der Waals surface area contributed by atoms with Crippen LogP contribution in [-0.4, -0.2) is 40.6 Å². The Labute approximate surface area is 134 Å². The summed E-state index contributed by atoms with van der Waals surface area (Å²) in [4.78, 5) is 18.2. The number of carboxylic acid groups (broad SMARTS) is 2. The fourth-order valence-corrected chi connectivity index (χ4v) is 1.85. The topological polar surface area (TPSA) is 94.3 Å². The van der Waals surface area contributed by atoms with E-state index < -0.39 is 11.9 Å². The van der Waals surface area contributed by atoms with Gasteiger partial charge in [0, 0.05) is 0 Å². The Morgan fingerprint density at radius 3 is 1.52 bits per heavy atom. The molecule has 2 N–H and O–H groups in total. The van der Waals surface area contributed by atoms with Crippen LogP contribution in [0, 0.1) is 0 Å². The van der Waals surface area contributed by atoms with Crippen molar-refractivity contribution in [2.45, 2.75) is 0 Å². The standard InChI is InChI=1S/C10H12N4.C2H2O4.Pt/c1-11-5-9-3-4-10-6-12(2)8-14(10)13(9)7-11;3-1(4)2(5)6;/h3-8H,1-2H3;(H,3,4)(H,5,6);/q-2;;+2.